The number of aliphatic hydroxyl groups excluding tert-OH is 10. The molecule has 0 aliphatic rings. The van der Waals surface area contributed by atoms with E-state index in [9.17, 15) is 35.7 Å². The van der Waals surface area contributed by atoms with E-state index in [1.807, 2.05) is 161 Å². The van der Waals surface area contributed by atoms with Gasteiger partial charge in [-0.2, -0.15) is 30.6 Å². The van der Waals surface area contributed by atoms with E-state index in [0.717, 1.165) is 164 Å². The Hall–Kier alpha value is -4.34. The Morgan fingerprint density at radius 2 is 0.559 bits per heavy atom. The molecule has 0 amide bonds. The fourth-order valence-corrected chi connectivity index (χ4v) is 21.9. The molecule has 0 aromatic carbocycles. The molecular formula is C87H196N16O10Si5. The minimum Gasteiger partial charge on any atom is -0.391 e. The zero-order valence-electron chi connectivity index (χ0n) is 84.9. The molecule has 0 saturated carbocycles. The molecule has 704 valence electrons. The summed E-state index contributed by atoms with van der Waals surface area (Å²) < 4.78 is 8.98. The maximum absolute atomic E-state index is 10.6. The third kappa shape index (κ3) is 74.3. The van der Waals surface area contributed by atoms with Crippen LogP contribution in [0.3, 0.4) is 0 Å². The van der Waals surface area contributed by atoms with Gasteiger partial charge in [-0.1, -0.05) is 186 Å². The first kappa shape index (κ1) is 134. The fraction of sp³-hybridized carbons (Fsp3) is 0.839. The minimum atomic E-state index is -1.57. The van der Waals surface area contributed by atoms with Crippen molar-refractivity contribution < 1.29 is 51.1 Å². The van der Waals surface area contributed by atoms with Crippen LogP contribution in [0.25, 0.3) is 0 Å². The Morgan fingerprint density at radius 3 is 0.746 bits per heavy atom. The molecule has 0 spiro atoms. The van der Waals surface area contributed by atoms with Gasteiger partial charge in [0.05, 0.1) is 107 Å². The lowest BCUT2D eigenvalue weighted by molar-refractivity contribution is 0.231. The summed E-state index contributed by atoms with van der Waals surface area (Å²) >= 11 is 0. The van der Waals surface area contributed by atoms with Crippen molar-refractivity contribution in [2.24, 2.45) is 49.9 Å². The second-order valence-electron chi connectivity index (χ2n) is 33.7. The van der Waals surface area contributed by atoms with Gasteiger partial charge in [-0.05, 0) is 151 Å². The molecule has 0 bridgehead atoms. The van der Waals surface area contributed by atoms with Gasteiger partial charge in [0.15, 0.2) is 16.5 Å². The van der Waals surface area contributed by atoms with E-state index in [2.05, 4.69) is 191 Å². The molecule has 0 fully saturated rings. The number of hydrogen-bond donors (Lipinski definition) is 10. The van der Waals surface area contributed by atoms with E-state index in [-0.39, 0.29) is 48.6 Å². The average Bonchev–Trinajstić information content (AvgIpc) is 0.833. The summed E-state index contributed by atoms with van der Waals surface area (Å²) in [4.78, 5) is 8.87. The quantitative estimate of drug-likeness (QED) is 0.0117. The van der Waals surface area contributed by atoms with Crippen molar-refractivity contribution in [3.05, 3.63) is 25.3 Å². The number of aliphatic imine (C=N–C) groups is 2. The molecule has 0 aliphatic carbocycles. The minimum absolute atomic E-state index is 0.0642. The lowest BCUT2D eigenvalue weighted by Gasteiger charge is -2.34. The maximum atomic E-state index is 10.6. The van der Waals surface area contributed by atoms with Gasteiger partial charge in [-0.15, -0.1) is 13.2 Å². The highest BCUT2D eigenvalue weighted by atomic mass is 28.3. The summed E-state index contributed by atoms with van der Waals surface area (Å²) in [5, 5.41) is 130. The van der Waals surface area contributed by atoms with Gasteiger partial charge < -0.3 is 90.4 Å². The standard InChI is InChI=1S/C13H29NOSi.C12H28N2OSi.C9H22N2OSi.C9H17NO.C8H18N2O.C8H16N2O.C8H19NOSi.C7H16N2O.C7H17NOSi.C6H14N2O/c1-7-12(14-11(5)6)13(15)16(8-2,9-3)10-4;1-7-11(13-14(5)6)12(15)16(8-2,9-3)10-4;1-7-8(10-11(2)3)9(12)13(4,5)6;1-5-8(9(11)6-2)10-7(3)4;2*1-5-7(8(11)6-2)9-10(3)4;1-6-8(7(2)10)9-11(3,4)5;1-5-7(6(2)10)8-9(3)4;1-5-7(6-9)8-10(2,3)4;1-4-6(5-9)7-8(2)3/h11,13,15H,7-10H2,1-6H3;12,15H,7-10H2,1-6H3;9,12H,7H2,1-6H3;6-7,9,11H,2,5H2,1,3-4H3;8,11H,5-6H2,1-4H3;6,8,11H,2,5H2,1,3-4H3;7,10H,6H2,1-5H3;6,10H,5H2,1-4H3;9H,5-6H2,1-4H3;9H,4-5H2,1-3H3. The van der Waals surface area contributed by atoms with Gasteiger partial charge in [-0.25, -0.2) is 0 Å². The molecule has 0 saturated heterocycles. The number of rotatable bonds is 42. The fourth-order valence-electron chi connectivity index (χ4n) is 10.9. The lowest BCUT2D eigenvalue weighted by Crippen LogP contribution is -2.50. The normalized spacial score (nSPS) is 14.9. The van der Waals surface area contributed by atoms with Crippen molar-refractivity contribution in [1.82, 2.24) is 30.1 Å². The summed E-state index contributed by atoms with van der Waals surface area (Å²) in [5.41, 5.74) is 8.02. The van der Waals surface area contributed by atoms with E-state index in [0.29, 0.717) is 6.04 Å². The van der Waals surface area contributed by atoms with Crippen LogP contribution < -0.4 is 0 Å². The molecule has 0 radical (unpaired) electrons. The Balaban J connectivity index is -0.000000138. The Labute approximate surface area is 732 Å². The largest absolute Gasteiger partial charge is 0.391 e. The highest BCUT2D eigenvalue weighted by Crippen LogP contribution is 2.28. The molecule has 0 aliphatic heterocycles. The molecule has 8 atom stereocenters. The number of hydrogen-bond acceptors (Lipinski definition) is 26. The predicted molar refractivity (Wildman–Crippen MR) is 538 cm³/mol. The van der Waals surface area contributed by atoms with Crippen LogP contribution in [0.4, 0.5) is 0 Å². The SMILES string of the molecule is C=CC(O)C(CC)=NC(C)C.C=CC(O)C(CC)=NN(C)C.CCC(=NC(C)C)C(O)[Si](CC)(CC)CC.CCC(=NN(C)C)C(C)O.CCC(=NN(C)C)C(O)CC.CCC(=NN(C)C)C(O)[Si](C)(C)C.CCC(=NN(C)C)C(O)[Si](CC)(CC)CC.CCC(=N[Si](C)(C)C)C(C)O.CCC(CO)=NN(C)C.CCC(CO)=N[Si](C)(C)C. The smallest absolute Gasteiger partial charge is 0.172 e. The second kappa shape index (κ2) is 77.5. The van der Waals surface area contributed by atoms with Gasteiger partial charge in [0, 0.05) is 120 Å². The monoisotopic (exact) mass is 1770 g/mol. The Morgan fingerprint density at radius 1 is 0.305 bits per heavy atom. The summed E-state index contributed by atoms with van der Waals surface area (Å²) in [6.45, 7) is 73.7. The van der Waals surface area contributed by atoms with Crippen LogP contribution >= 0.6 is 0 Å². The van der Waals surface area contributed by atoms with Crippen molar-refractivity contribution in [2.75, 3.05) is 97.8 Å². The van der Waals surface area contributed by atoms with Crippen LogP contribution in [0.15, 0.2) is 75.2 Å². The van der Waals surface area contributed by atoms with E-state index in [1.54, 1.807) is 43.9 Å². The van der Waals surface area contributed by atoms with Gasteiger partial charge in [0.1, 0.15) is 12.2 Å². The van der Waals surface area contributed by atoms with Gasteiger partial charge in [-0.3, -0.25) is 9.98 Å². The molecule has 31 heteroatoms. The van der Waals surface area contributed by atoms with Crippen molar-refractivity contribution in [3.8, 4) is 0 Å². The average molecular weight is 1770 g/mol. The zero-order valence-corrected chi connectivity index (χ0v) is 89.9. The van der Waals surface area contributed by atoms with Crippen LogP contribution in [-0.4, -0.2) is 336 Å². The third-order valence-corrected chi connectivity index (χ3v) is 33.3. The molecule has 0 heterocycles. The Bertz CT molecular complexity index is 2650. The van der Waals surface area contributed by atoms with Crippen molar-refractivity contribution in [1.29, 1.82) is 0 Å². The van der Waals surface area contributed by atoms with E-state index in [1.165, 1.54) is 12.2 Å². The number of aliphatic hydroxyl groups is 10. The molecule has 0 aromatic heterocycles. The van der Waals surface area contributed by atoms with Crippen molar-refractivity contribution in [2.45, 2.75) is 385 Å². The molecule has 26 nitrogen and oxygen atoms in total. The summed E-state index contributed by atoms with van der Waals surface area (Å²) in [6, 6.07) is 7.39. The van der Waals surface area contributed by atoms with E-state index < -0.39 is 59.0 Å². The highest BCUT2D eigenvalue weighted by molar-refractivity contribution is 6.84. The highest BCUT2D eigenvalue weighted by Gasteiger charge is 2.39. The molecule has 0 aromatic rings. The third-order valence-electron chi connectivity index (χ3n) is 17.9. The zero-order chi connectivity index (χ0) is 95.4. The van der Waals surface area contributed by atoms with Gasteiger partial charge in [0.25, 0.3) is 0 Å². The number of hydrazone groups is 6. The van der Waals surface area contributed by atoms with Crippen LogP contribution in [-0.2, 0) is 0 Å². The topological polar surface area (TPSA) is 345 Å². The van der Waals surface area contributed by atoms with Crippen LogP contribution in [0.2, 0.25) is 95.2 Å². The van der Waals surface area contributed by atoms with Crippen molar-refractivity contribution in [3.63, 3.8) is 0 Å². The van der Waals surface area contributed by atoms with Gasteiger partial charge >= 0.3 is 0 Å². The van der Waals surface area contributed by atoms with E-state index in [4.69, 9.17) is 15.3 Å². The summed E-state index contributed by atoms with van der Waals surface area (Å²) in [7, 11) is 15.0. The van der Waals surface area contributed by atoms with Gasteiger partial charge in [0.2, 0.25) is 0 Å². The molecule has 10 N–H and O–H groups in total. The second-order valence-corrected chi connectivity index (χ2v) is 58.9. The van der Waals surface area contributed by atoms with E-state index >= 15 is 0 Å². The first-order valence-corrected chi connectivity index (χ1v) is 59.7. The predicted octanol–water partition coefficient (Wildman–Crippen LogP) is 16.4. The van der Waals surface area contributed by atoms with Crippen molar-refractivity contribution >= 4 is 97.8 Å². The summed E-state index contributed by atoms with van der Waals surface area (Å²) in [6.07, 6.45) is 9.62. The van der Waals surface area contributed by atoms with Crippen LogP contribution in [0, 0.1) is 0 Å². The molecule has 0 rings (SSSR count). The maximum Gasteiger partial charge on any atom is 0.172 e. The number of nitrogens with zero attached hydrogens (tertiary/aromatic N) is 16. The molecule has 8 unspecified atom stereocenters. The molecule has 118 heavy (non-hydrogen) atoms. The summed E-state index contributed by atoms with van der Waals surface area (Å²) in [5.74, 6) is 0. The molecular weight excluding hydrogens is 1570 g/mol. The first-order chi connectivity index (χ1) is 54.2. The Kier molecular flexibility index (Phi) is 88.1. The lowest BCUT2D eigenvalue weighted by atomic mass is 10.1. The van der Waals surface area contributed by atoms with Crippen LogP contribution in [0.5, 0.6) is 0 Å². The van der Waals surface area contributed by atoms with Crippen LogP contribution in [0.1, 0.15) is 230 Å². The first-order valence-electron chi connectivity index (χ1n) is 43.9.